The number of rotatable bonds is 2. The van der Waals surface area contributed by atoms with Gasteiger partial charge in [-0.3, -0.25) is 4.79 Å². The molecule has 0 aromatic carbocycles. The second-order valence-electron chi connectivity index (χ2n) is 3.81. The molecule has 82 valence electrons. The number of hydrogen-bond acceptors (Lipinski definition) is 3. The second kappa shape index (κ2) is 4.06. The Labute approximate surface area is 87.8 Å². The van der Waals surface area contributed by atoms with Gasteiger partial charge >= 0.3 is 5.97 Å². The van der Waals surface area contributed by atoms with Crippen molar-refractivity contribution in [2.24, 2.45) is 5.92 Å². The van der Waals surface area contributed by atoms with Crippen LogP contribution in [0.4, 0.5) is 0 Å². The highest BCUT2D eigenvalue weighted by molar-refractivity contribution is 5.71. The van der Waals surface area contributed by atoms with Crippen LogP contribution in [0.1, 0.15) is 30.3 Å². The summed E-state index contributed by atoms with van der Waals surface area (Å²) < 4.78 is 10.7. The number of furan rings is 1. The average Bonchev–Trinajstić information content (AvgIpc) is 2.64. The maximum atomic E-state index is 11.1. The zero-order chi connectivity index (χ0) is 10.8. The summed E-state index contributed by atoms with van der Waals surface area (Å²) in [7, 11) is 0. The lowest BCUT2D eigenvalue weighted by Crippen LogP contribution is -2.29. The van der Waals surface area contributed by atoms with E-state index in [-0.39, 0.29) is 6.10 Å². The molecule has 0 bridgehead atoms. The summed E-state index contributed by atoms with van der Waals surface area (Å²) in [6, 6.07) is 1.79. The van der Waals surface area contributed by atoms with E-state index >= 15 is 0 Å². The maximum Gasteiger partial charge on any atom is 0.309 e. The van der Waals surface area contributed by atoms with Crippen molar-refractivity contribution in [3.05, 3.63) is 23.7 Å². The first-order valence-electron chi connectivity index (χ1n) is 5.08. The summed E-state index contributed by atoms with van der Waals surface area (Å²) >= 11 is 0. The largest absolute Gasteiger partial charge is 0.481 e. The van der Waals surface area contributed by atoms with E-state index < -0.39 is 11.9 Å². The molecule has 1 saturated heterocycles. The van der Waals surface area contributed by atoms with Gasteiger partial charge in [-0.1, -0.05) is 0 Å². The fourth-order valence-electron chi connectivity index (χ4n) is 2.03. The van der Waals surface area contributed by atoms with Crippen LogP contribution in [-0.2, 0) is 9.53 Å². The molecule has 1 N–H and O–H groups in total. The standard InChI is InChI=1S/C11H14O4/c1-7-8(4-6-14-7)10-9(11(12)13)3-2-5-15-10/h4,6,9-10H,2-3,5H2,1H3,(H,12,13). The Hall–Kier alpha value is -1.29. The quantitative estimate of drug-likeness (QED) is 0.812. The van der Waals surface area contributed by atoms with Crippen LogP contribution in [-0.4, -0.2) is 17.7 Å². The Morgan fingerprint density at radius 3 is 3.00 bits per heavy atom. The topological polar surface area (TPSA) is 59.7 Å². The van der Waals surface area contributed by atoms with Crippen LogP contribution in [0.3, 0.4) is 0 Å². The predicted octanol–water partition coefficient (Wildman–Crippen LogP) is 2.14. The highest BCUT2D eigenvalue weighted by Gasteiger charge is 2.34. The number of ether oxygens (including phenoxy) is 1. The lowest BCUT2D eigenvalue weighted by molar-refractivity contribution is -0.151. The molecule has 1 aliphatic rings. The van der Waals surface area contributed by atoms with Crippen molar-refractivity contribution in [3.63, 3.8) is 0 Å². The Kier molecular flexibility index (Phi) is 2.77. The predicted molar refractivity (Wildman–Crippen MR) is 52.5 cm³/mol. The molecule has 0 saturated carbocycles. The van der Waals surface area contributed by atoms with Crippen LogP contribution in [0.2, 0.25) is 0 Å². The minimum absolute atomic E-state index is 0.352. The minimum atomic E-state index is -0.791. The maximum absolute atomic E-state index is 11.1. The van der Waals surface area contributed by atoms with Gasteiger partial charge < -0.3 is 14.3 Å². The number of aliphatic carboxylic acids is 1. The van der Waals surface area contributed by atoms with E-state index in [9.17, 15) is 4.79 Å². The van der Waals surface area contributed by atoms with E-state index in [2.05, 4.69) is 0 Å². The number of carboxylic acids is 1. The van der Waals surface area contributed by atoms with Gasteiger partial charge in [-0.05, 0) is 25.8 Å². The zero-order valence-corrected chi connectivity index (χ0v) is 8.60. The Morgan fingerprint density at radius 1 is 1.60 bits per heavy atom. The molecule has 4 nitrogen and oxygen atoms in total. The van der Waals surface area contributed by atoms with Crippen LogP contribution >= 0.6 is 0 Å². The van der Waals surface area contributed by atoms with Gasteiger partial charge in [0.2, 0.25) is 0 Å². The van der Waals surface area contributed by atoms with Crippen molar-refractivity contribution in [1.29, 1.82) is 0 Å². The van der Waals surface area contributed by atoms with Crippen LogP contribution in [0.25, 0.3) is 0 Å². The number of aryl methyl sites for hydroxylation is 1. The molecule has 1 aromatic heterocycles. The molecular formula is C11H14O4. The molecule has 2 unspecified atom stereocenters. The van der Waals surface area contributed by atoms with Gasteiger partial charge in [0.1, 0.15) is 5.76 Å². The molecule has 15 heavy (non-hydrogen) atoms. The fraction of sp³-hybridized carbons (Fsp3) is 0.545. The van der Waals surface area contributed by atoms with Crippen LogP contribution in [0.5, 0.6) is 0 Å². The van der Waals surface area contributed by atoms with Crippen LogP contribution < -0.4 is 0 Å². The molecule has 2 heterocycles. The number of carboxylic acid groups (broad SMARTS) is 1. The molecule has 1 fully saturated rings. The Morgan fingerprint density at radius 2 is 2.40 bits per heavy atom. The zero-order valence-electron chi connectivity index (χ0n) is 8.60. The molecule has 2 atom stereocenters. The van der Waals surface area contributed by atoms with Crippen molar-refractivity contribution in [1.82, 2.24) is 0 Å². The number of carbonyl (C=O) groups is 1. The summed E-state index contributed by atoms with van der Waals surface area (Å²) in [6.45, 7) is 2.45. The number of hydrogen-bond donors (Lipinski definition) is 1. The van der Waals surface area contributed by atoms with Gasteiger partial charge in [-0.15, -0.1) is 0 Å². The Bertz CT molecular complexity index is 355. The van der Waals surface area contributed by atoms with E-state index in [1.165, 1.54) is 0 Å². The SMILES string of the molecule is Cc1occc1C1OCCCC1C(=O)O. The van der Waals surface area contributed by atoms with Crippen molar-refractivity contribution in [3.8, 4) is 0 Å². The third-order valence-corrected chi connectivity index (χ3v) is 2.84. The van der Waals surface area contributed by atoms with E-state index in [0.29, 0.717) is 13.0 Å². The minimum Gasteiger partial charge on any atom is -0.481 e. The summed E-state index contributed by atoms with van der Waals surface area (Å²) in [6.07, 6.45) is 2.70. The first-order valence-corrected chi connectivity index (χ1v) is 5.08. The first-order chi connectivity index (χ1) is 7.20. The van der Waals surface area contributed by atoms with E-state index in [4.69, 9.17) is 14.3 Å². The van der Waals surface area contributed by atoms with E-state index in [0.717, 1.165) is 17.7 Å². The summed E-state index contributed by atoms with van der Waals surface area (Å²) in [5.41, 5.74) is 0.863. The molecule has 2 rings (SSSR count). The molecule has 0 radical (unpaired) electrons. The van der Waals surface area contributed by atoms with Crippen molar-refractivity contribution >= 4 is 5.97 Å². The van der Waals surface area contributed by atoms with Gasteiger partial charge in [0.15, 0.2) is 0 Å². The van der Waals surface area contributed by atoms with Crippen molar-refractivity contribution in [2.45, 2.75) is 25.9 Å². The summed E-state index contributed by atoms with van der Waals surface area (Å²) in [5.74, 6) is -0.497. The van der Waals surface area contributed by atoms with Crippen molar-refractivity contribution < 1.29 is 19.1 Å². The van der Waals surface area contributed by atoms with Gasteiger partial charge in [0.25, 0.3) is 0 Å². The monoisotopic (exact) mass is 210 g/mol. The smallest absolute Gasteiger partial charge is 0.309 e. The fourth-order valence-corrected chi connectivity index (χ4v) is 2.03. The lowest BCUT2D eigenvalue weighted by Gasteiger charge is -2.28. The molecule has 1 aromatic rings. The van der Waals surface area contributed by atoms with E-state index in [1.807, 2.05) is 6.92 Å². The highest BCUT2D eigenvalue weighted by Crippen LogP contribution is 2.35. The highest BCUT2D eigenvalue weighted by atomic mass is 16.5. The third kappa shape index (κ3) is 1.90. The van der Waals surface area contributed by atoms with Crippen molar-refractivity contribution in [2.75, 3.05) is 6.61 Å². The lowest BCUT2D eigenvalue weighted by atomic mass is 9.90. The normalized spacial score (nSPS) is 26.5. The van der Waals surface area contributed by atoms with Gasteiger partial charge in [0, 0.05) is 12.2 Å². The third-order valence-electron chi connectivity index (χ3n) is 2.84. The average molecular weight is 210 g/mol. The van der Waals surface area contributed by atoms with Gasteiger partial charge in [0.05, 0.1) is 18.3 Å². The summed E-state index contributed by atoms with van der Waals surface area (Å²) in [4.78, 5) is 11.1. The molecule has 0 aliphatic carbocycles. The second-order valence-corrected chi connectivity index (χ2v) is 3.81. The molecule has 0 spiro atoms. The molecular weight excluding hydrogens is 196 g/mol. The summed E-state index contributed by atoms with van der Waals surface area (Å²) in [5, 5.41) is 9.09. The van der Waals surface area contributed by atoms with Crippen LogP contribution in [0.15, 0.2) is 16.7 Å². The first kappa shape index (κ1) is 10.2. The molecule has 1 aliphatic heterocycles. The molecule has 0 amide bonds. The van der Waals surface area contributed by atoms with Gasteiger partial charge in [-0.25, -0.2) is 0 Å². The van der Waals surface area contributed by atoms with Gasteiger partial charge in [-0.2, -0.15) is 0 Å². The van der Waals surface area contributed by atoms with Crippen LogP contribution in [0, 0.1) is 12.8 Å². The van der Waals surface area contributed by atoms with E-state index in [1.54, 1.807) is 12.3 Å². The molecule has 4 heteroatoms. The Balaban J connectivity index is 2.25.